The number of aromatic hydroxyl groups is 1. The number of ether oxygens (including phenoxy) is 1. The van der Waals surface area contributed by atoms with Gasteiger partial charge in [-0.1, -0.05) is 12.1 Å². The number of nitrogens with one attached hydrogen (secondary N) is 2. The molecule has 1 atom stereocenters. The lowest BCUT2D eigenvalue weighted by molar-refractivity contribution is -0.128. The van der Waals surface area contributed by atoms with Gasteiger partial charge in [0.05, 0.1) is 6.54 Å². The first-order valence-electron chi connectivity index (χ1n) is 10.0. The predicted molar refractivity (Wildman–Crippen MR) is 113 cm³/mol. The van der Waals surface area contributed by atoms with Crippen LogP contribution in [0.1, 0.15) is 28.4 Å². The number of hydrogen-bond acceptors (Lipinski definition) is 6. The molecule has 1 aliphatic rings. The summed E-state index contributed by atoms with van der Waals surface area (Å²) < 4.78 is 20.5. The molecule has 3 N–H and O–H groups in total. The number of halogens is 1. The lowest BCUT2D eigenvalue weighted by Gasteiger charge is -2.28. The van der Waals surface area contributed by atoms with Gasteiger partial charge in [-0.2, -0.15) is 0 Å². The van der Waals surface area contributed by atoms with Gasteiger partial charge in [-0.3, -0.25) is 23.9 Å². The van der Waals surface area contributed by atoms with Crippen LogP contribution >= 0.6 is 0 Å². The Balaban J connectivity index is 1.95. The van der Waals surface area contributed by atoms with Gasteiger partial charge >= 0.3 is 0 Å². The van der Waals surface area contributed by atoms with Crippen LogP contribution in [0.15, 0.2) is 35.3 Å². The van der Waals surface area contributed by atoms with Crippen molar-refractivity contribution in [2.75, 3.05) is 13.6 Å². The number of likely N-dealkylation sites (N-methyl/N-ethyl adjacent to an activating group) is 1. The van der Waals surface area contributed by atoms with Crippen molar-refractivity contribution in [1.29, 1.82) is 0 Å². The normalized spacial score (nSPS) is 14.7. The maximum Gasteiger partial charge on any atom is 0.268 e. The van der Waals surface area contributed by atoms with Crippen molar-refractivity contribution in [2.45, 2.75) is 26.0 Å². The first kappa shape index (κ1) is 21.3. The van der Waals surface area contributed by atoms with E-state index in [9.17, 15) is 23.9 Å². The van der Waals surface area contributed by atoms with E-state index >= 15 is 0 Å². The molecule has 0 bridgehead atoms. The highest BCUT2D eigenvalue weighted by Gasteiger charge is 2.34. The minimum atomic E-state index is -1.03. The molecule has 2 aromatic heterocycles. The Morgan fingerprint density at radius 2 is 2.03 bits per heavy atom. The van der Waals surface area contributed by atoms with Gasteiger partial charge in [-0.15, -0.1) is 0 Å². The molecule has 0 radical (unpaired) electrons. The summed E-state index contributed by atoms with van der Waals surface area (Å²) in [6, 6.07) is 5.86. The first-order valence-corrected chi connectivity index (χ1v) is 10.0. The third kappa shape index (κ3) is 3.53. The number of amides is 2. The Hall–Kier alpha value is -3.95. The lowest BCUT2D eigenvalue weighted by Crippen LogP contribution is -2.45. The van der Waals surface area contributed by atoms with Crippen LogP contribution < -0.4 is 20.9 Å². The molecule has 10 heteroatoms. The number of benzene rings is 1. The van der Waals surface area contributed by atoms with Crippen molar-refractivity contribution in [3.8, 4) is 11.5 Å². The summed E-state index contributed by atoms with van der Waals surface area (Å²) >= 11 is 0. The number of carbonyl (C=O) groups excluding carboxylic acids is 2. The van der Waals surface area contributed by atoms with E-state index in [1.165, 1.54) is 29.9 Å². The molecule has 1 aliphatic heterocycles. The number of aromatic nitrogens is 2. The van der Waals surface area contributed by atoms with Gasteiger partial charge in [0.25, 0.3) is 17.4 Å². The molecule has 3 aromatic rings. The Bertz CT molecular complexity index is 1290. The summed E-state index contributed by atoms with van der Waals surface area (Å²) in [4.78, 5) is 42.3. The van der Waals surface area contributed by atoms with Crippen molar-refractivity contribution < 1.29 is 23.8 Å². The van der Waals surface area contributed by atoms with Crippen molar-refractivity contribution >= 4 is 22.8 Å². The number of carbonyl (C=O) groups is 2. The number of pyridine rings is 2. The average Bonchev–Trinajstić information content (AvgIpc) is 2.79. The van der Waals surface area contributed by atoms with Crippen LogP contribution in [0.5, 0.6) is 11.5 Å². The Labute approximate surface area is 181 Å². The molecule has 32 heavy (non-hydrogen) atoms. The van der Waals surface area contributed by atoms with E-state index in [-0.39, 0.29) is 42.1 Å². The fourth-order valence-electron chi connectivity index (χ4n) is 3.75. The Morgan fingerprint density at radius 3 is 2.69 bits per heavy atom. The average molecular weight is 440 g/mol. The third-order valence-corrected chi connectivity index (χ3v) is 5.29. The van der Waals surface area contributed by atoms with Gasteiger partial charge < -0.3 is 20.5 Å². The van der Waals surface area contributed by atoms with Gasteiger partial charge in [0.15, 0.2) is 17.6 Å². The van der Waals surface area contributed by atoms with Gasteiger partial charge in [-0.05, 0) is 24.6 Å². The maximum atomic E-state index is 13.3. The number of nitrogens with zero attached hydrogens (tertiary/aromatic N) is 2. The fraction of sp³-hybridized carbons (Fsp3) is 0.273. The molecule has 166 valence electrons. The van der Waals surface area contributed by atoms with E-state index in [2.05, 4.69) is 15.6 Å². The van der Waals surface area contributed by atoms with Crippen LogP contribution in [-0.4, -0.2) is 46.2 Å². The van der Waals surface area contributed by atoms with Crippen LogP contribution in [0.4, 0.5) is 4.39 Å². The molecule has 0 aliphatic carbocycles. The van der Waals surface area contributed by atoms with Gasteiger partial charge in [0.1, 0.15) is 22.4 Å². The standard InChI is InChI=1S/C22H21FN4O5/c1-3-25-21(30)15-18(28)16-17-19(32-14(20(29)24-2)10-27(17)22(15)31)12(9-26-16)8-11-4-6-13(23)7-5-11/h4-7,9,14,28H,3,8,10H2,1-2H3,(H,24,29)(H,25,30)/t14-/m1/s1. The van der Waals surface area contributed by atoms with E-state index in [0.717, 1.165) is 5.56 Å². The van der Waals surface area contributed by atoms with Gasteiger partial charge in [0.2, 0.25) is 0 Å². The molecule has 2 amide bonds. The zero-order valence-electron chi connectivity index (χ0n) is 17.4. The summed E-state index contributed by atoms with van der Waals surface area (Å²) in [6.07, 6.45) is 0.699. The second-order valence-electron chi connectivity index (χ2n) is 7.33. The van der Waals surface area contributed by atoms with Gasteiger partial charge in [0, 0.05) is 31.8 Å². The topological polar surface area (TPSA) is 123 Å². The number of hydrogen-bond donors (Lipinski definition) is 3. The molecule has 3 heterocycles. The summed E-state index contributed by atoms with van der Waals surface area (Å²) in [7, 11) is 1.45. The van der Waals surface area contributed by atoms with Crippen molar-refractivity contribution in [2.24, 2.45) is 0 Å². The molecule has 0 spiro atoms. The molecule has 4 rings (SSSR count). The lowest BCUT2D eigenvalue weighted by atomic mass is 10.0. The molecular formula is C22H21FN4O5. The van der Waals surface area contributed by atoms with Crippen molar-refractivity contribution in [3.05, 3.63) is 63.3 Å². The van der Waals surface area contributed by atoms with Crippen LogP contribution in [0.2, 0.25) is 0 Å². The highest BCUT2D eigenvalue weighted by Crippen LogP contribution is 2.37. The van der Waals surface area contributed by atoms with Crippen molar-refractivity contribution in [3.63, 3.8) is 0 Å². The van der Waals surface area contributed by atoms with Crippen LogP contribution in [-0.2, 0) is 17.8 Å². The molecule has 0 saturated heterocycles. The predicted octanol–water partition coefficient (Wildman–Crippen LogP) is 1.09. The summed E-state index contributed by atoms with van der Waals surface area (Å²) in [5.74, 6) is -1.91. The van der Waals surface area contributed by atoms with Crippen LogP contribution in [0.3, 0.4) is 0 Å². The highest BCUT2D eigenvalue weighted by molar-refractivity contribution is 6.02. The first-order chi connectivity index (χ1) is 15.3. The second kappa shape index (κ2) is 8.29. The Morgan fingerprint density at radius 1 is 1.31 bits per heavy atom. The Kier molecular flexibility index (Phi) is 5.52. The molecule has 0 fully saturated rings. The van der Waals surface area contributed by atoms with E-state index in [4.69, 9.17) is 4.74 Å². The molecule has 9 nitrogen and oxygen atoms in total. The number of rotatable bonds is 5. The fourth-order valence-corrected chi connectivity index (χ4v) is 3.75. The minimum absolute atomic E-state index is 0.0130. The minimum Gasteiger partial charge on any atom is -0.505 e. The maximum absolute atomic E-state index is 13.3. The largest absolute Gasteiger partial charge is 0.505 e. The second-order valence-corrected chi connectivity index (χ2v) is 7.33. The summed E-state index contributed by atoms with van der Waals surface area (Å²) in [5, 5.41) is 15.7. The van der Waals surface area contributed by atoms with Crippen LogP contribution in [0.25, 0.3) is 11.0 Å². The molecule has 0 unspecified atom stereocenters. The monoisotopic (exact) mass is 440 g/mol. The zero-order chi connectivity index (χ0) is 23.0. The molecular weight excluding hydrogens is 419 g/mol. The van der Waals surface area contributed by atoms with E-state index in [1.54, 1.807) is 19.1 Å². The SMILES string of the molecule is CCNC(=O)c1c(O)c2ncc(Cc3ccc(F)cc3)c3c2n(c1=O)C[C@H](C(=O)NC)O3. The van der Waals surface area contributed by atoms with E-state index in [1.807, 2.05) is 0 Å². The zero-order valence-corrected chi connectivity index (χ0v) is 17.4. The van der Waals surface area contributed by atoms with Crippen LogP contribution in [0, 0.1) is 5.82 Å². The van der Waals surface area contributed by atoms with E-state index < -0.39 is 34.8 Å². The molecule has 0 saturated carbocycles. The summed E-state index contributed by atoms with van der Waals surface area (Å²) in [5.41, 5.74) is 0.309. The van der Waals surface area contributed by atoms with Crippen molar-refractivity contribution in [1.82, 2.24) is 20.2 Å². The highest BCUT2D eigenvalue weighted by atomic mass is 19.1. The summed E-state index contributed by atoms with van der Waals surface area (Å²) in [6.45, 7) is 1.79. The third-order valence-electron chi connectivity index (χ3n) is 5.29. The van der Waals surface area contributed by atoms with E-state index in [0.29, 0.717) is 5.56 Å². The van der Waals surface area contributed by atoms with Gasteiger partial charge in [-0.25, -0.2) is 4.39 Å². The quantitative estimate of drug-likeness (QED) is 0.546. The molecule has 1 aromatic carbocycles. The smallest absolute Gasteiger partial charge is 0.268 e.